The Morgan fingerprint density at radius 2 is 2.13 bits per heavy atom. The van der Waals surface area contributed by atoms with Crippen LogP contribution >= 0.6 is 0 Å². The summed E-state index contributed by atoms with van der Waals surface area (Å²) < 4.78 is 8.07. The van der Waals surface area contributed by atoms with E-state index in [0.717, 1.165) is 41.9 Å². The minimum atomic E-state index is -0.859. The lowest BCUT2D eigenvalue weighted by Crippen LogP contribution is -2.32. The van der Waals surface area contributed by atoms with Gasteiger partial charge in [0.2, 0.25) is 0 Å². The van der Waals surface area contributed by atoms with Gasteiger partial charge in [-0.15, -0.1) is 0 Å². The number of nitrogens with zero attached hydrogens (tertiary/aromatic N) is 5. The van der Waals surface area contributed by atoms with Crippen molar-refractivity contribution in [1.82, 2.24) is 24.6 Å². The highest BCUT2D eigenvalue weighted by molar-refractivity contribution is 5.67. The molecule has 2 atom stereocenters. The Morgan fingerprint density at radius 1 is 1.29 bits per heavy atom. The lowest BCUT2D eigenvalue weighted by molar-refractivity contribution is 0.153. The van der Waals surface area contributed by atoms with Crippen LogP contribution in [0.4, 0.5) is 10.6 Å². The van der Waals surface area contributed by atoms with E-state index in [1.54, 1.807) is 18.6 Å². The molecule has 2 aliphatic heterocycles. The molecular formula is C22H24N6O3. The monoisotopic (exact) mass is 420 g/mol. The Kier molecular flexibility index (Phi) is 4.53. The standard InChI is InChI=1S/C22H24N6O3/c1-14(15-3-2-6-24-11-15)31-18-9-16(12-25-20(18)23)17-10-19-22(5-8-28(19)26-17)4-7-27(13-22)21(29)30/h2-3,6,9-12,14H,4-5,7-8,13H2,1H3,(H2,23,25)(H,29,30)/t14?,22-/m1/s1. The maximum Gasteiger partial charge on any atom is 0.407 e. The van der Waals surface area contributed by atoms with Crippen LogP contribution in [-0.2, 0) is 12.0 Å². The summed E-state index contributed by atoms with van der Waals surface area (Å²) in [5, 5.41) is 14.1. The molecule has 160 valence electrons. The molecule has 0 aliphatic carbocycles. The predicted molar refractivity (Wildman–Crippen MR) is 114 cm³/mol. The molecule has 0 bridgehead atoms. The zero-order chi connectivity index (χ0) is 21.6. The topological polar surface area (TPSA) is 119 Å². The van der Waals surface area contributed by atoms with Crippen molar-refractivity contribution in [3.63, 3.8) is 0 Å². The number of hydrogen-bond acceptors (Lipinski definition) is 6. The van der Waals surface area contributed by atoms with Gasteiger partial charge in [-0.05, 0) is 38.0 Å². The van der Waals surface area contributed by atoms with E-state index in [1.807, 2.05) is 29.8 Å². The number of rotatable bonds is 4. The lowest BCUT2D eigenvalue weighted by Gasteiger charge is -2.22. The fourth-order valence-corrected chi connectivity index (χ4v) is 4.62. The van der Waals surface area contributed by atoms with Crippen molar-refractivity contribution in [3.05, 3.63) is 54.1 Å². The Balaban J connectivity index is 1.42. The van der Waals surface area contributed by atoms with Crippen molar-refractivity contribution >= 4 is 11.9 Å². The Hall–Kier alpha value is -3.62. The molecule has 3 aromatic heterocycles. The maximum atomic E-state index is 11.4. The van der Waals surface area contributed by atoms with Gasteiger partial charge >= 0.3 is 6.09 Å². The van der Waals surface area contributed by atoms with Crippen LogP contribution in [0.2, 0.25) is 0 Å². The highest BCUT2D eigenvalue weighted by Gasteiger charge is 2.47. The van der Waals surface area contributed by atoms with Gasteiger partial charge in [-0.3, -0.25) is 9.67 Å². The number of pyridine rings is 2. The second kappa shape index (κ2) is 7.26. The number of nitrogens with two attached hydrogens (primary N) is 1. The molecule has 3 N–H and O–H groups in total. The first-order valence-corrected chi connectivity index (χ1v) is 10.3. The number of carboxylic acid groups (broad SMARTS) is 1. The number of aromatic nitrogens is 4. The summed E-state index contributed by atoms with van der Waals surface area (Å²) in [5.74, 6) is 0.810. The van der Waals surface area contributed by atoms with Gasteiger partial charge in [-0.1, -0.05) is 6.07 Å². The molecule has 31 heavy (non-hydrogen) atoms. The van der Waals surface area contributed by atoms with E-state index in [9.17, 15) is 9.90 Å². The van der Waals surface area contributed by atoms with Crippen LogP contribution in [0.3, 0.4) is 0 Å². The highest BCUT2D eigenvalue weighted by Crippen LogP contribution is 2.44. The third kappa shape index (κ3) is 3.35. The summed E-state index contributed by atoms with van der Waals surface area (Å²) in [6, 6.07) is 7.73. The van der Waals surface area contributed by atoms with Gasteiger partial charge in [0, 0.05) is 60.5 Å². The molecule has 0 aromatic carbocycles. The van der Waals surface area contributed by atoms with E-state index in [-0.39, 0.29) is 11.5 Å². The van der Waals surface area contributed by atoms with Gasteiger partial charge in [-0.25, -0.2) is 9.78 Å². The minimum absolute atomic E-state index is 0.154. The normalized spacial score (nSPS) is 20.7. The second-order valence-electron chi connectivity index (χ2n) is 8.28. The Bertz CT molecular complexity index is 1130. The van der Waals surface area contributed by atoms with Crippen LogP contribution < -0.4 is 10.5 Å². The fourth-order valence-electron chi connectivity index (χ4n) is 4.62. The molecule has 1 unspecified atom stereocenters. The third-order valence-electron chi connectivity index (χ3n) is 6.38. The van der Waals surface area contributed by atoms with Crippen molar-refractivity contribution in [3.8, 4) is 17.0 Å². The van der Waals surface area contributed by atoms with Crippen molar-refractivity contribution < 1.29 is 14.6 Å². The first kappa shape index (κ1) is 19.3. The van der Waals surface area contributed by atoms with Crippen molar-refractivity contribution in [2.45, 2.75) is 37.8 Å². The second-order valence-corrected chi connectivity index (χ2v) is 8.28. The molecule has 5 heterocycles. The summed E-state index contributed by atoms with van der Waals surface area (Å²) in [6.07, 6.45) is 5.82. The SMILES string of the molecule is CC(Oc1cc(-c2cc3n(n2)CC[C@@]32CCN(C(=O)O)C2)cnc1N)c1cccnc1. The maximum absolute atomic E-state index is 11.4. The van der Waals surface area contributed by atoms with Gasteiger partial charge in [-0.2, -0.15) is 5.10 Å². The molecular weight excluding hydrogens is 396 g/mol. The molecule has 2 aliphatic rings. The van der Waals surface area contributed by atoms with Crippen LogP contribution in [0.5, 0.6) is 5.75 Å². The van der Waals surface area contributed by atoms with E-state index in [1.165, 1.54) is 4.90 Å². The molecule has 1 fully saturated rings. The third-order valence-corrected chi connectivity index (χ3v) is 6.38. The highest BCUT2D eigenvalue weighted by atomic mass is 16.5. The fraction of sp³-hybridized carbons (Fsp3) is 0.364. The number of amides is 1. The average molecular weight is 420 g/mol. The summed E-state index contributed by atoms with van der Waals surface area (Å²) in [5.41, 5.74) is 9.55. The molecule has 5 rings (SSSR count). The molecule has 9 heteroatoms. The smallest absolute Gasteiger partial charge is 0.407 e. The van der Waals surface area contributed by atoms with Crippen LogP contribution in [0.25, 0.3) is 11.3 Å². The molecule has 1 spiro atoms. The van der Waals surface area contributed by atoms with Gasteiger partial charge in [0.25, 0.3) is 0 Å². The van der Waals surface area contributed by atoms with Gasteiger partial charge in [0.15, 0.2) is 11.6 Å². The number of ether oxygens (including phenoxy) is 1. The van der Waals surface area contributed by atoms with Crippen LogP contribution in [0.15, 0.2) is 42.9 Å². The van der Waals surface area contributed by atoms with Crippen LogP contribution in [-0.4, -0.2) is 48.9 Å². The van der Waals surface area contributed by atoms with Gasteiger partial charge in [0.05, 0.1) is 5.69 Å². The average Bonchev–Trinajstić information content (AvgIpc) is 3.47. The molecule has 9 nitrogen and oxygen atoms in total. The number of fused-ring (bicyclic) bond motifs is 2. The zero-order valence-electron chi connectivity index (χ0n) is 17.2. The number of anilines is 1. The minimum Gasteiger partial charge on any atom is -0.482 e. The summed E-state index contributed by atoms with van der Waals surface area (Å²) in [6.45, 7) is 3.80. The van der Waals surface area contributed by atoms with Gasteiger partial charge in [0.1, 0.15) is 6.10 Å². The molecule has 3 aromatic rings. The largest absolute Gasteiger partial charge is 0.482 e. The molecule has 1 amide bonds. The van der Waals surface area contributed by atoms with Crippen molar-refractivity contribution in [2.24, 2.45) is 0 Å². The summed E-state index contributed by atoms with van der Waals surface area (Å²) >= 11 is 0. The Morgan fingerprint density at radius 3 is 2.87 bits per heavy atom. The van der Waals surface area contributed by atoms with E-state index < -0.39 is 6.09 Å². The summed E-state index contributed by atoms with van der Waals surface area (Å²) in [7, 11) is 0. The number of aryl methyl sites for hydroxylation is 1. The number of carbonyl (C=O) groups is 1. The number of likely N-dealkylation sites (tertiary alicyclic amines) is 1. The zero-order valence-corrected chi connectivity index (χ0v) is 17.2. The van der Waals surface area contributed by atoms with E-state index in [0.29, 0.717) is 24.7 Å². The van der Waals surface area contributed by atoms with Gasteiger partial charge < -0.3 is 20.5 Å². The van der Waals surface area contributed by atoms with E-state index >= 15 is 0 Å². The molecule has 0 radical (unpaired) electrons. The Labute approximate surface area is 179 Å². The quantitative estimate of drug-likeness (QED) is 0.665. The van der Waals surface area contributed by atoms with Crippen LogP contribution in [0, 0.1) is 0 Å². The van der Waals surface area contributed by atoms with E-state index in [2.05, 4.69) is 16.0 Å². The first-order valence-electron chi connectivity index (χ1n) is 10.3. The molecule has 1 saturated heterocycles. The summed E-state index contributed by atoms with van der Waals surface area (Å²) in [4.78, 5) is 21.4. The van der Waals surface area contributed by atoms with Crippen LogP contribution in [0.1, 0.15) is 37.1 Å². The number of nitrogen functional groups attached to an aromatic ring is 1. The van der Waals surface area contributed by atoms with Crippen molar-refractivity contribution in [1.29, 1.82) is 0 Å². The lowest BCUT2D eigenvalue weighted by atomic mass is 9.82. The van der Waals surface area contributed by atoms with E-state index in [4.69, 9.17) is 15.6 Å². The van der Waals surface area contributed by atoms with Crippen molar-refractivity contribution in [2.75, 3.05) is 18.8 Å². The predicted octanol–water partition coefficient (Wildman–Crippen LogP) is 3.09. The molecule has 0 saturated carbocycles. The number of hydrogen-bond donors (Lipinski definition) is 2. The first-order chi connectivity index (χ1) is 14.9.